The van der Waals surface area contributed by atoms with Crippen LogP contribution in [0.1, 0.15) is 64.7 Å². The number of carboxylic acid groups (broad SMARTS) is 1. The Hall–Kier alpha value is -3.83. The van der Waals surface area contributed by atoms with Crippen LogP contribution in [0.3, 0.4) is 0 Å². The van der Waals surface area contributed by atoms with Gasteiger partial charge in [0.15, 0.2) is 11.5 Å². The van der Waals surface area contributed by atoms with Crippen LogP contribution in [0.25, 0.3) is 0 Å². The Kier molecular flexibility index (Phi) is 11.6. The maximum Gasteiger partial charge on any atom is 0.326 e. The van der Waals surface area contributed by atoms with E-state index in [0.29, 0.717) is 33.3 Å². The largest absolute Gasteiger partial charge is 0.493 e. The first-order chi connectivity index (χ1) is 20.7. The van der Waals surface area contributed by atoms with Gasteiger partial charge in [0.05, 0.1) is 27.2 Å². The number of fused-ring (bicyclic) bond motifs is 1. The van der Waals surface area contributed by atoms with Gasteiger partial charge in [-0.3, -0.25) is 14.4 Å². The van der Waals surface area contributed by atoms with Crippen LogP contribution in [-0.2, 0) is 28.7 Å². The summed E-state index contributed by atoms with van der Waals surface area (Å²) in [7, 11) is 2.98. The number of hydrogen-bond donors (Lipinski definition) is 2. The standard InChI is InChI=1S/C32H41ClN2O9/c1-18(2)13-23(31(39)40)34-27(37)15-26-30(38)35(16-32(4,5)17-43-19(3)36)24-12-11-20(33)14-22(24)28(44-26)21-9-8-10-25(41-6)29(21)42-7/h8-12,14,18,23,26,28H,13,15-17H2,1-7H3,(H,34,37)(H,39,40)/t23-,26-,28-/m1/s1. The molecule has 0 saturated carbocycles. The second kappa shape index (κ2) is 14.8. The molecule has 11 nitrogen and oxygen atoms in total. The van der Waals surface area contributed by atoms with Crippen molar-refractivity contribution < 1.29 is 43.2 Å². The second-order valence-electron chi connectivity index (χ2n) is 12.0. The van der Waals surface area contributed by atoms with Crippen LogP contribution < -0.4 is 19.7 Å². The molecule has 0 bridgehead atoms. The van der Waals surface area contributed by atoms with Crippen LogP contribution in [0.15, 0.2) is 36.4 Å². The minimum Gasteiger partial charge on any atom is -0.493 e. The van der Waals surface area contributed by atoms with E-state index in [1.165, 1.54) is 26.0 Å². The lowest BCUT2D eigenvalue weighted by Gasteiger charge is -2.33. The summed E-state index contributed by atoms with van der Waals surface area (Å²) in [5.74, 6) is -2.01. The van der Waals surface area contributed by atoms with Crippen molar-refractivity contribution in [1.82, 2.24) is 5.32 Å². The van der Waals surface area contributed by atoms with E-state index in [1.54, 1.807) is 36.4 Å². The number of aliphatic carboxylic acids is 1. The molecular weight excluding hydrogens is 592 g/mol. The molecule has 0 aliphatic carbocycles. The summed E-state index contributed by atoms with van der Waals surface area (Å²) < 4.78 is 23.0. The normalized spacial score (nSPS) is 17.4. The summed E-state index contributed by atoms with van der Waals surface area (Å²) in [4.78, 5) is 52.5. The summed E-state index contributed by atoms with van der Waals surface area (Å²) in [5, 5.41) is 12.6. The van der Waals surface area contributed by atoms with Gasteiger partial charge in [0.2, 0.25) is 5.91 Å². The maximum atomic E-state index is 14.3. The smallest absolute Gasteiger partial charge is 0.326 e. The van der Waals surface area contributed by atoms with E-state index in [4.69, 9.17) is 30.5 Å². The number of methoxy groups -OCH3 is 2. The van der Waals surface area contributed by atoms with E-state index in [9.17, 15) is 24.3 Å². The molecule has 3 rings (SSSR count). The molecule has 240 valence electrons. The number of carbonyl (C=O) groups is 4. The highest BCUT2D eigenvalue weighted by Gasteiger charge is 2.41. The minimum atomic E-state index is -1.33. The van der Waals surface area contributed by atoms with Crippen molar-refractivity contribution in [3.05, 3.63) is 52.5 Å². The molecule has 44 heavy (non-hydrogen) atoms. The average Bonchev–Trinajstić information content (AvgIpc) is 3.05. The van der Waals surface area contributed by atoms with E-state index in [0.717, 1.165) is 0 Å². The maximum absolute atomic E-state index is 14.3. The summed E-state index contributed by atoms with van der Waals surface area (Å²) >= 11 is 6.47. The van der Waals surface area contributed by atoms with Gasteiger partial charge in [-0.05, 0) is 36.6 Å². The molecule has 1 aliphatic heterocycles. The lowest BCUT2D eigenvalue weighted by Crippen LogP contribution is -2.48. The van der Waals surface area contributed by atoms with Gasteiger partial charge in [0.1, 0.15) is 18.2 Å². The first kappa shape index (κ1) is 34.7. The summed E-state index contributed by atoms with van der Waals surface area (Å²) in [6.07, 6.45) is -2.51. The zero-order valence-corrected chi connectivity index (χ0v) is 26.9. The molecular formula is C32H41ClN2O9. The first-order valence-electron chi connectivity index (χ1n) is 14.3. The molecule has 3 atom stereocenters. The lowest BCUT2D eigenvalue weighted by molar-refractivity contribution is -0.144. The number of nitrogens with zero attached hydrogens (tertiary/aromatic N) is 1. The molecule has 0 radical (unpaired) electrons. The Morgan fingerprint density at radius 2 is 1.82 bits per heavy atom. The molecule has 12 heteroatoms. The predicted octanol–water partition coefficient (Wildman–Crippen LogP) is 4.77. The van der Waals surface area contributed by atoms with Gasteiger partial charge >= 0.3 is 11.9 Å². The first-order valence-corrected chi connectivity index (χ1v) is 14.7. The number of esters is 1. The third kappa shape index (κ3) is 8.63. The molecule has 0 unspecified atom stereocenters. The second-order valence-corrected chi connectivity index (χ2v) is 12.4. The number of nitrogens with one attached hydrogen (secondary N) is 1. The van der Waals surface area contributed by atoms with Gasteiger partial charge in [0.25, 0.3) is 5.91 Å². The Balaban J connectivity index is 2.15. The number of rotatable bonds is 13. The fourth-order valence-corrected chi connectivity index (χ4v) is 5.29. The molecule has 2 N–H and O–H groups in total. The van der Waals surface area contributed by atoms with Crippen molar-refractivity contribution in [3.63, 3.8) is 0 Å². The highest BCUT2D eigenvalue weighted by molar-refractivity contribution is 6.30. The third-order valence-corrected chi connectivity index (χ3v) is 7.32. The van der Waals surface area contributed by atoms with Gasteiger partial charge in [-0.25, -0.2) is 4.79 Å². The van der Waals surface area contributed by atoms with E-state index in [1.807, 2.05) is 27.7 Å². The molecule has 2 amide bonds. The Morgan fingerprint density at radius 1 is 1.11 bits per heavy atom. The van der Waals surface area contributed by atoms with Crippen molar-refractivity contribution in [2.45, 2.75) is 65.7 Å². The highest BCUT2D eigenvalue weighted by Crippen LogP contribution is 2.45. The van der Waals surface area contributed by atoms with Gasteiger partial charge < -0.3 is 34.3 Å². The zero-order chi connectivity index (χ0) is 32.8. The van der Waals surface area contributed by atoms with Crippen molar-refractivity contribution >= 4 is 41.0 Å². The fourth-order valence-electron chi connectivity index (χ4n) is 5.11. The van der Waals surface area contributed by atoms with E-state index < -0.39 is 53.8 Å². The monoisotopic (exact) mass is 632 g/mol. The number of benzene rings is 2. The van der Waals surface area contributed by atoms with Gasteiger partial charge in [0, 0.05) is 40.7 Å². The Labute approximate surface area is 262 Å². The van der Waals surface area contributed by atoms with E-state index >= 15 is 0 Å². The number of carboxylic acids is 1. The molecule has 1 aliphatic rings. The molecule has 2 aromatic rings. The van der Waals surface area contributed by atoms with Crippen molar-refractivity contribution in [2.24, 2.45) is 11.3 Å². The number of halogens is 1. The number of amides is 2. The number of hydrogen-bond acceptors (Lipinski definition) is 8. The van der Waals surface area contributed by atoms with Crippen LogP contribution in [0.5, 0.6) is 11.5 Å². The molecule has 1 heterocycles. The zero-order valence-electron chi connectivity index (χ0n) is 26.1. The average molecular weight is 633 g/mol. The van der Waals surface area contributed by atoms with Crippen LogP contribution in [0, 0.1) is 11.3 Å². The van der Waals surface area contributed by atoms with Gasteiger partial charge in [-0.1, -0.05) is 51.4 Å². The number of ether oxygens (including phenoxy) is 4. The Bertz CT molecular complexity index is 1380. The molecule has 0 saturated heterocycles. The molecule has 0 aromatic heterocycles. The third-order valence-electron chi connectivity index (χ3n) is 7.08. The van der Waals surface area contributed by atoms with Gasteiger partial charge in [-0.2, -0.15) is 0 Å². The number of carbonyl (C=O) groups excluding carboxylic acids is 3. The molecule has 0 spiro atoms. The van der Waals surface area contributed by atoms with Crippen LogP contribution in [0.4, 0.5) is 5.69 Å². The fraction of sp³-hybridized carbons (Fsp3) is 0.500. The van der Waals surface area contributed by atoms with E-state index in [2.05, 4.69) is 5.32 Å². The number of anilines is 1. The van der Waals surface area contributed by atoms with Crippen LogP contribution in [-0.4, -0.2) is 68.4 Å². The van der Waals surface area contributed by atoms with E-state index in [-0.39, 0.29) is 25.5 Å². The number of para-hydroxylation sites is 1. The lowest BCUT2D eigenvalue weighted by atomic mass is 9.92. The van der Waals surface area contributed by atoms with Crippen molar-refractivity contribution in [2.75, 3.05) is 32.3 Å². The van der Waals surface area contributed by atoms with Crippen LogP contribution >= 0.6 is 11.6 Å². The Morgan fingerprint density at radius 3 is 2.41 bits per heavy atom. The SMILES string of the molecule is COc1cccc([C@H]2O[C@H](CC(=O)N[C@H](CC(C)C)C(=O)O)C(=O)N(CC(C)(C)COC(C)=O)c3ccc(Cl)cc32)c1OC. The predicted molar refractivity (Wildman–Crippen MR) is 164 cm³/mol. The highest BCUT2D eigenvalue weighted by atomic mass is 35.5. The van der Waals surface area contributed by atoms with Gasteiger partial charge in [-0.15, -0.1) is 0 Å². The topological polar surface area (TPSA) is 141 Å². The van der Waals surface area contributed by atoms with Crippen molar-refractivity contribution in [3.8, 4) is 11.5 Å². The van der Waals surface area contributed by atoms with Crippen LogP contribution in [0.2, 0.25) is 5.02 Å². The summed E-state index contributed by atoms with van der Waals surface area (Å²) in [6.45, 7) is 8.83. The summed E-state index contributed by atoms with van der Waals surface area (Å²) in [6, 6.07) is 9.14. The molecule has 0 fully saturated rings. The summed E-state index contributed by atoms with van der Waals surface area (Å²) in [5.41, 5.74) is 0.838. The van der Waals surface area contributed by atoms with Crippen molar-refractivity contribution in [1.29, 1.82) is 0 Å². The minimum absolute atomic E-state index is 0.00580. The quantitative estimate of drug-likeness (QED) is 0.299. The molecule has 2 aromatic carbocycles.